The lowest BCUT2D eigenvalue weighted by Crippen LogP contribution is -2.41. The van der Waals surface area contributed by atoms with Crippen molar-refractivity contribution in [1.82, 2.24) is 19.8 Å². The Kier molecular flexibility index (Phi) is 14.1. The Labute approximate surface area is 364 Å². The second-order valence-electron chi connectivity index (χ2n) is 15.2. The molecule has 1 N–H and O–H groups in total. The first-order chi connectivity index (χ1) is 29.5. The molecule has 0 fully saturated rings. The second kappa shape index (κ2) is 20.0. The molecule has 2 aromatic heterocycles. The van der Waals surface area contributed by atoms with Crippen molar-refractivity contribution in [3.05, 3.63) is 200 Å². The van der Waals surface area contributed by atoms with E-state index >= 15 is 0 Å². The van der Waals surface area contributed by atoms with Gasteiger partial charge in [-0.05, 0) is 106 Å². The van der Waals surface area contributed by atoms with Crippen molar-refractivity contribution in [3.63, 3.8) is 0 Å². The highest BCUT2D eigenvalue weighted by atomic mass is 35.5. The summed E-state index contributed by atoms with van der Waals surface area (Å²) < 4.78 is 4.78. The predicted octanol–water partition coefficient (Wildman–Crippen LogP) is 8.43. The molecule has 2 aliphatic heterocycles. The molecule has 0 aliphatic carbocycles. The fourth-order valence-corrected chi connectivity index (χ4v) is 8.23. The third kappa shape index (κ3) is 11.2. The number of ether oxygens (including phenoxy) is 1. The van der Waals surface area contributed by atoms with Gasteiger partial charge in [0.1, 0.15) is 0 Å². The van der Waals surface area contributed by atoms with Crippen LogP contribution in [-0.4, -0.2) is 67.6 Å². The van der Waals surface area contributed by atoms with Crippen molar-refractivity contribution < 1.29 is 29.0 Å². The number of aromatic nitrogens is 2. The van der Waals surface area contributed by atoms with Gasteiger partial charge in [-0.2, -0.15) is 0 Å². The summed E-state index contributed by atoms with van der Waals surface area (Å²) in [6, 6.07) is 36.4. The average Bonchev–Trinajstić information content (AvgIpc) is 3.47. The van der Waals surface area contributed by atoms with Crippen LogP contribution >= 0.6 is 23.2 Å². The van der Waals surface area contributed by atoms with Crippen LogP contribution in [0, 0.1) is 0 Å². The van der Waals surface area contributed by atoms with E-state index in [2.05, 4.69) is 19.8 Å². The number of Topliss-reactive ketones (excluding diaryl/α,β-unsaturated/α-hetero) is 2. The average molecular weight is 856 g/mol. The standard InChI is InChI=1S/C25H23ClN2O3.C24H21ClN2O3/c1-31-25(30)18-7-5-17(6-8-18)15-28-16-19-9-10-21(26)12-20(19)13-24(29)23(28)14-22-4-2-3-11-27-22;25-20-9-8-18-15-27(14-16-4-6-17(7-5-16)24(29)30)22(23(28)12-19(18)11-20)13-21-3-1-2-10-26-21/h2-12,23H,13-16H2,1H3;1-11,22H,12-15H2,(H,29,30)/t23-;22-/m11/s1. The maximum absolute atomic E-state index is 13.3. The number of halogens is 2. The van der Waals surface area contributed by atoms with Gasteiger partial charge in [-0.25, -0.2) is 9.59 Å². The third-order valence-electron chi connectivity index (χ3n) is 11.0. The molecule has 310 valence electrons. The molecule has 0 saturated heterocycles. The Bertz CT molecular complexity index is 2500. The molecule has 0 radical (unpaired) electrons. The molecule has 0 unspecified atom stereocenters. The number of fused-ring (bicyclic) bond motifs is 2. The largest absolute Gasteiger partial charge is 0.478 e. The fourth-order valence-electron chi connectivity index (χ4n) is 7.84. The Morgan fingerprint density at radius 2 is 1.07 bits per heavy atom. The summed E-state index contributed by atoms with van der Waals surface area (Å²) in [6.07, 6.45) is 5.24. The third-order valence-corrected chi connectivity index (χ3v) is 11.5. The molecular weight excluding hydrogens is 811 g/mol. The Balaban J connectivity index is 0.000000184. The smallest absolute Gasteiger partial charge is 0.337 e. The van der Waals surface area contributed by atoms with Crippen molar-refractivity contribution in [3.8, 4) is 0 Å². The van der Waals surface area contributed by atoms with Gasteiger partial charge < -0.3 is 9.84 Å². The molecule has 0 amide bonds. The van der Waals surface area contributed by atoms with E-state index in [1.54, 1.807) is 48.8 Å². The van der Waals surface area contributed by atoms with Crippen LogP contribution in [0.4, 0.5) is 0 Å². The van der Waals surface area contributed by atoms with Crippen molar-refractivity contribution in [2.24, 2.45) is 0 Å². The van der Waals surface area contributed by atoms with Gasteiger partial charge in [-0.3, -0.25) is 29.4 Å². The first-order valence-electron chi connectivity index (χ1n) is 19.9. The van der Waals surface area contributed by atoms with Gasteiger partial charge in [-0.15, -0.1) is 0 Å². The number of hydrogen-bond donors (Lipinski definition) is 1. The number of carbonyl (C=O) groups is 4. The topological polar surface area (TPSA) is 130 Å². The molecule has 0 bridgehead atoms. The lowest BCUT2D eigenvalue weighted by atomic mass is 9.99. The van der Waals surface area contributed by atoms with Crippen LogP contribution in [0.1, 0.15) is 65.5 Å². The minimum atomic E-state index is -0.953. The molecule has 2 aliphatic rings. The molecular formula is C49H44Cl2N4O6. The van der Waals surface area contributed by atoms with Gasteiger partial charge in [-0.1, -0.05) is 71.7 Å². The molecule has 12 heteroatoms. The van der Waals surface area contributed by atoms with Crippen molar-refractivity contribution >= 4 is 46.7 Å². The zero-order valence-electron chi connectivity index (χ0n) is 33.5. The number of carbonyl (C=O) groups excluding carboxylic acids is 3. The molecule has 2 atom stereocenters. The quantitative estimate of drug-likeness (QED) is 0.134. The van der Waals surface area contributed by atoms with Gasteiger partial charge in [0, 0.05) is 85.7 Å². The summed E-state index contributed by atoms with van der Waals surface area (Å²) in [6.45, 7) is 2.35. The number of nitrogens with zero attached hydrogens (tertiary/aromatic N) is 4. The molecule has 8 rings (SSSR count). The molecule has 10 nitrogen and oxygen atoms in total. The van der Waals surface area contributed by atoms with E-state index in [4.69, 9.17) is 33.0 Å². The van der Waals surface area contributed by atoms with E-state index < -0.39 is 5.97 Å². The SMILES string of the molecule is COC(=O)c1ccc(CN2Cc3ccc(Cl)cc3CC(=O)[C@H]2Cc2ccccn2)cc1.O=C(O)c1ccc(CN2Cc3ccc(Cl)cc3CC(=O)[C@H]2Cc2ccccn2)cc1. The summed E-state index contributed by atoms with van der Waals surface area (Å²) in [4.78, 5) is 62.6. The number of benzene rings is 4. The molecule has 6 aromatic rings. The van der Waals surface area contributed by atoms with E-state index in [-0.39, 0.29) is 35.2 Å². The minimum Gasteiger partial charge on any atom is -0.478 e. The normalized spacial score (nSPS) is 16.6. The van der Waals surface area contributed by atoms with Crippen molar-refractivity contribution in [2.75, 3.05) is 7.11 Å². The van der Waals surface area contributed by atoms with Crippen LogP contribution < -0.4 is 0 Å². The highest BCUT2D eigenvalue weighted by Gasteiger charge is 2.32. The van der Waals surface area contributed by atoms with E-state index in [0.717, 1.165) is 44.8 Å². The van der Waals surface area contributed by atoms with E-state index in [9.17, 15) is 19.2 Å². The second-order valence-corrected chi connectivity index (χ2v) is 16.1. The van der Waals surface area contributed by atoms with Gasteiger partial charge in [0.15, 0.2) is 11.6 Å². The van der Waals surface area contributed by atoms with Crippen molar-refractivity contribution in [1.29, 1.82) is 0 Å². The molecule has 4 aromatic carbocycles. The zero-order valence-corrected chi connectivity index (χ0v) is 35.1. The predicted molar refractivity (Wildman–Crippen MR) is 233 cm³/mol. The number of aromatic carboxylic acids is 1. The first-order valence-corrected chi connectivity index (χ1v) is 20.7. The highest BCUT2D eigenvalue weighted by molar-refractivity contribution is 6.31. The summed E-state index contributed by atoms with van der Waals surface area (Å²) in [5.41, 5.74) is 8.60. The number of esters is 1. The number of rotatable bonds is 10. The van der Waals surface area contributed by atoms with Gasteiger partial charge in [0.2, 0.25) is 0 Å². The molecule has 0 spiro atoms. The van der Waals surface area contributed by atoms with Crippen LogP contribution in [0.2, 0.25) is 10.0 Å². The number of methoxy groups -OCH3 is 1. The number of carboxylic acid groups (broad SMARTS) is 1. The Morgan fingerprint density at radius 3 is 1.46 bits per heavy atom. The maximum atomic E-state index is 13.3. The van der Waals surface area contributed by atoms with Crippen LogP contribution in [0.5, 0.6) is 0 Å². The monoisotopic (exact) mass is 854 g/mol. The molecule has 61 heavy (non-hydrogen) atoms. The Morgan fingerprint density at radius 1 is 0.623 bits per heavy atom. The van der Waals surface area contributed by atoms with Gasteiger partial charge in [0.25, 0.3) is 0 Å². The maximum Gasteiger partial charge on any atom is 0.337 e. The minimum absolute atomic E-state index is 0.129. The summed E-state index contributed by atoms with van der Waals surface area (Å²) in [5, 5.41) is 10.4. The summed E-state index contributed by atoms with van der Waals surface area (Å²) >= 11 is 12.4. The summed E-state index contributed by atoms with van der Waals surface area (Å²) in [5.74, 6) is -1.04. The highest BCUT2D eigenvalue weighted by Crippen LogP contribution is 2.29. The fraction of sp³-hybridized carbons (Fsp3) is 0.224. The van der Waals surface area contributed by atoms with Crippen LogP contribution in [0.15, 0.2) is 134 Å². The van der Waals surface area contributed by atoms with Gasteiger partial charge >= 0.3 is 11.9 Å². The van der Waals surface area contributed by atoms with Crippen LogP contribution in [0.25, 0.3) is 0 Å². The van der Waals surface area contributed by atoms with Crippen LogP contribution in [0.3, 0.4) is 0 Å². The lowest BCUT2D eigenvalue weighted by molar-refractivity contribution is -0.124. The van der Waals surface area contributed by atoms with Gasteiger partial charge in [0.05, 0.1) is 30.3 Å². The zero-order chi connectivity index (χ0) is 42.9. The number of carboxylic acids is 1. The molecule has 4 heterocycles. The van der Waals surface area contributed by atoms with Crippen LogP contribution in [-0.2, 0) is 66.2 Å². The van der Waals surface area contributed by atoms with E-state index in [0.29, 0.717) is 67.5 Å². The molecule has 0 saturated carbocycles. The van der Waals surface area contributed by atoms with Crippen molar-refractivity contribution in [2.45, 2.75) is 63.9 Å². The number of ketones is 2. The first kappa shape index (κ1) is 43.1. The van der Waals surface area contributed by atoms with E-state index in [1.807, 2.05) is 84.9 Å². The number of pyridine rings is 2. The number of hydrogen-bond acceptors (Lipinski definition) is 9. The Hall–Kier alpha value is -6.04. The van der Waals surface area contributed by atoms with E-state index in [1.165, 1.54) is 7.11 Å². The lowest BCUT2D eigenvalue weighted by Gasteiger charge is -2.29. The summed E-state index contributed by atoms with van der Waals surface area (Å²) in [7, 11) is 1.37.